The van der Waals surface area contributed by atoms with Crippen molar-refractivity contribution in [3.63, 3.8) is 0 Å². The average molecular weight is 475 g/mol. The van der Waals surface area contributed by atoms with Gasteiger partial charge in [-0.25, -0.2) is 0 Å². The lowest BCUT2D eigenvalue weighted by Crippen LogP contribution is -2.23. The Labute approximate surface area is 192 Å². The second-order valence-corrected chi connectivity index (χ2v) is 8.91. The number of carbonyl (C=O) groups excluding carboxylic acids is 2. The Hall–Kier alpha value is -2.98. The van der Waals surface area contributed by atoms with Crippen LogP contribution in [0.5, 0.6) is 17.2 Å². The van der Waals surface area contributed by atoms with Crippen LogP contribution < -0.4 is 19.0 Å². The van der Waals surface area contributed by atoms with E-state index in [4.69, 9.17) is 18.9 Å². The van der Waals surface area contributed by atoms with Crippen LogP contribution in [0.25, 0.3) is 10.2 Å². The summed E-state index contributed by atoms with van der Waals surface area (Å²) in [6.45, 7) is 2.15. The maximum Gasteiger partial charge on any atom is 0.326 e. The van der Waals surface area contributed by atoms with Gasteiger partial charge in [-0.05, 0) is 31.2 Å². The van der Waals surface area contributed by atoms with Gasteiger partial charge >= 0.3 is 5.97 Å². The SMILES string of the molecule is CCOC(=O)Cn1c(=NC(=O)CCSc2ccc(OC)cc2)sc2cc3c(cc21)OCO3. The van der Waals surface area contributed by atoms with Crippen LogP contribution in [0, 0.1) is 0 Å². The van der Waals surface area contributed by atoms with Gasteiger partial charge in [0.1, 0.15) is 12.3 Å². The van der Waals surface area contributed by atoms with E-state index >= 15 is 0 Å². The van der Waals surface area contributed by atoms with Crippen LogP contribution in [0.15, 0.2) is 46.3 Å². The molecule has 8 nitrogen and oxygen atoms in total. The highest BCUT2D eigenvalue weighted by molar-refractivity contribution is 7.99. The number of ether oxygens (including phenoxy) is 4. The van der Waals surface area contributed by atoms with Crippen LogP contribution in [0.4, 0.5) is 0 Å². The Morgan fingerprint density at radius 1 is 1.19 bits per heavy atom. The summed E-state index contributed by atoms with van der Waals surface area (Å²) in [5, 5.41) is 0. The fourth-order valence-electron chi connectivity index (χ4n) is 3.12. The predicted molar refractivity (Wildman–Crippen MR) is 121 cm³/mol. The van der Waals surface area contributed by atoms with E-state index in [0.717, 1.165) is 20.9 Å². The van der Waals surface area contributed by atoms with Crippen molar-refractivity contribution in [2.24, 2.45) is 4.99 Å². The smallest absolute Gasteiger partial charge is 0.326 e. The molecule has 2 aromatic carbocycles. The highest BCUT2D eigenvalue weighted by Gasteiger charge is 2.19. The highest BCUT2D eigenvalue weighted by Crippen LogP contribution is 2.37. The Bertz CT molecular complexity index is 1200. The first-order chi connectivity index (χ1) is 15.6. The number of benzene rings is 2. The summed E-state index contributed by atoms with van der Waals surface area (Å²) in [5.74, 6) is 1.97. The van der Waals surface area contributed by atoms with Gasteiger partial charge in [-0.15, -0.1) is 11.8 Å². The zero-order valence-electron chi connectivity index (χ0n) is 17.7. The van der Waals surface area contributed by atoms with E-state index in [-0.39, 0.29) is 32.3 Å². The molecule has 0 aliphatic carbocycles. The van der Waals surface area contributed by atoms with Gasteiger partial charge in [0.25, 0.3) is 0 Å². The molecule has 2 heterocycles. The summed E-state index contributed by atoms with van der Waals surface area (Å²) in [6.07, 6.45) is 0.271. The van der Waals surface area contributed by atoms with Gasteiger partial charge < -0.3 is 23.5 Å². The molecule has 0 saturated carbocycles. The largest absolute Gasteiger partial charge is 0.497 e. The minimum atomic E-state index is -0.395. The van der Waals surface area contributed by atoms with E-state index in [9.17, 15) is 9.59 Å². The number of aromatic nitrogens is 1. The number of hydrogen-bond donors (Lipinski definition) is 0. The van der Waals surface area contributed by atoms with Crippen molar-refractivity contribution in [3.8, 4) is 17.2 Å². The van der Waals surface area contributed by atoms with Gasteiger partial charge in [-0.2, -0.15) is 4.99 Å². The number of nitrogens with zero attached hydrogens (tertiary/aromatic N) is 2. The molecule has 0 unspecified atom stereocenters. The van der Waals surface area contributed by atoms with Crippen LogP contribution in [0.3, 0.4) is 0 Å². The van der Waals surface area contributed by atoms with Gasteiger partial charge in [-0.3, -0.25) is 9.59 Å². The topological polar surface area (TPSA) is 88.4 Å². The molecule has 0 spiro atoms. The Balaban J connectivity index is 1.54. The van der Waals surface area contributed by atoms with E-state index in [1.807, 2.05) is 30.3 Å². The molecule has 1 aliphatic rings. The molecule has 32 heavy (non-hydrogen) atoms. The van der Waals surface area contributed by atoms with Gasteiger partial charge in [0.15, 0.2) is 16.3 Å². The monoisotopic (exact) mass is 474 g/mol. The van der Waals surface area contributed by atoms with E-state index in [1.54, 1.807) is 36.4 Å². The third-order valence-corrected chi connectivity index (χ3v) is 6.69. The number of hydrogen-bond acceptors (Lipinski definition) is 8. The van der Waals surface area contributed by atoms with E-state index < -0.39 is 5.97 Å². The molecular formula is C22H22N2O6S2. The fourth-order valence-corrected chi connectivity index (χ4v) is 5.02. The third-order valence-electron chi connectivity index (χ3n) is 4.63. The first kappa shape index (κ1) is 22.2. The van der Waals surface area contributed by atoms with Crippen LogP contribution in [-0.2, 0) is 20.9 Å². The van der Waals surface area contributed by atoms with Crippen LogP contribution in [0.2, 0.25) is 0 Å². The zero-order chi connectivity index (χ0) is 22.5. The number of esters is 1. The second-order valence-electron chi connectivity index (χ2n) is 6.73. The summed E-state index contributed by atoms with van der Waals surface area (Å²) in [7, 11) is 1.62. The molecular weight excluding hydrogens is 452 g/mol. The van der Waals surface area contributed by atoms with Crippen LogP contribution in [-0.4, -0.2) is 42.7 Å². The number of methoxy groups -OCH3 is 1. The molecule has 4 rings (SSSR count). The average Bonchev–Trinajstić information content (AvgIpc) is 3.37. The van der Waals surface area contributed by atoms with Crippen LogP contribution in [0.1, 0.15) is 13.3 Å². The molecule has 3 aromatic rings. The number of fused-ring (bicyclic) bond motifs is 2. The quantitative estimate of drug-likeness (QED) is 0.364. The highest BCUT2D eigenvalue weighted by atomic mass is 32.2. The number of thiazole rings is 1. The second kappa shape index (κ2) is 10.1. The van der Waals surface area contributed by atoms with Gasteiger partial charge in [0, 0.05) is 29.2 Å². The minimum Gasteiger partial charge on any atom is -0.497 e. The number of carbonyl (C=O) groups is 2. The zero-order valence-corrected chi connectivity index (χ0v) is 19.3. The molecule has 10 heteroatoms. The molecule has 0 N–H and O–H groups in total. The van der Waals surface area contributed by atoms with Gasteiger partial charge in [0.05, 0.1) is 23.9 Å². The summed E-state index contributed by atoms with van der Waals surface area (Å²) >= 11 is 2.90. The summed E-state index contributed by atoms with van der Waals surface area (Å²) in [6, 6.07) is 11.3. The summed E-state index contributed by atoms with van der Waals surface area (Å²) in [5.41, 5.74) is 0.742. The van der Waals surface area contributed by atoms with Gasteiger partial charge in [0.2, 0.25) is 12.7 Å². The number of amides is 1. The summed E-state index contributed by atoms with van der Waals surface area (Å²) in [4.78, 5) is 30.5. The first-order valence-electron chi connectivity index (χ1n) is 10.0. The predicted octanol–water partition coefficient (Wildman–Crippen LogP) is 3.61. The molecule has 0 bridgehead atoms. The van der Waals surface area contributed by atoms with Crippen molar-refractivity contribution >= 4 is 45.2 Å². The molecule has 1 aromatic heterocycles. The van der Waals surface area contributed by atoms with E-state index in [0.29, 0.717) is 22.1 Å². The van der Waals surface area contributed by atoms with Crippen LogP contribution >= 0.6 is 23.1 Å². The lowest BCUT2D eigenvalue weighted by Gasteiger charge is -2.06. The van der Waals surface area contributed by atoms with Crippen molar-refractivity contribution in [2.45, 2.75) is 24.8 Å². The molecule has 1 amide bonds. The van der Waals surface area contributed by atoms with Crippen molar-refractivity contribution in [1.29, 1.82) is 0 Å². The molecule has 0 radical (unpaired) electrons. The van der Waals surface area contributed by atoms with E-state index in [1.165, 1.54) is 11.3 Å². The maximum absolute atomic E-state index is 12.6. The normalized spacial score (nSPS) is 12.9. The van der Waals surface area contributed by atoms with Crippen molar-refractivity contribution < 1.29 is 28.5 Å². The minimum absolute atomic E-state index is 0.0415. The molecule has 1 aliphatic heterocycles. The molecule has 0 atom stereocenters. The third kappa shape index (κ3) is 5.08. The standard InChI is InChI=1S/C22H22N2O6S2/c1-3-28-21(26)12-24-16-10-17-18(30-13-29-17)11-19(16)32-22(24)23-20(25)8-9-31-15-6-4-14(27-2)5-7-15/h4-7,10-11H,3,8-9,12-13H2,1-2H3. The van der Waals surface area contributed by atoms with Gasteiger partial charge in [-0.1, -0.05) is 11.3 Å². The molecule has 0 saturated heterocycles. The number of rotatable bonds is 8. The lowest BCUT2D eigenvalue weighted by atomic mass is 10.3. The lowest BCUT2D eigenvalue weighted by molar-refractivity contribution is -0.143. The van der Waals surface area contributed by atoms with Crippen molar-refractivity contribution in [2.75, 3.05) is 26.3 Å². The summed E-state index contributed by atoms with van der Waals surface area (Å²) < 4.78 is 23.7. The van der Waals surface area contributed by atoms with E-state index in [2.05, 4.69) is 4.99 Å². The fraction of sp³-hybridized carbons (Fsp3) is 0.318. The molecule has 168 valence electrons. The Kier molecular flexibility index (Phi) is 7.01. The van der Waals surface area contributed by atoms with Crippen molar-refractivity contribution in [3.05, 3.63) is 41.2 Å². The Morgan fingerprint density at radius 3 is 2.66 bits per heavy atom. The molecule has 0 fully saturated rings. The Morgan fingerprint density at radius 2 is 1.94 bits per heavy atom. The number of thioether (sulfide) groups is 1. The maximum atomic E-state index is 12.6. The van der Waals surface area contributed by atoms with Crippen molar-refractivity contribution in [1.82, 2.24) is 4.57 Å². The first-order valence-corrected chi connectivity index (χ1v) is 11.8.